The van der Waals surface area contributed by atoms with Gasteiger partial charge in [0.1, 0.15) is 0 Å². The SMILES string of the molecule is CNC(C)C(c1ncccc1C)C(C)C. The zero-order valence-electron chi connectivity index (χ0n) is 10.4. The fourth-order valence-electron chi connectivity index (χ4n) is 2.16. The Balaban J connectivity index is 3.04. The molecule has 0 saturated heterocycles. The van der Waals surface area contributed by atoms with Gasteiger partial charge in [0.2, 0.25) is 0 Å². The smallest absolute Gasteiger partial charge is 0.0481 e. The molecule has 0 aliphatic heterocycles. The van der Waals surface area contributed by atoms with Crippen molar-refractivity contribution >= 4 is 0 Å². The van der Waals surface area contributed by atoms with E-state index in [4.69, 9.17) is 0 Å². The van der Waals surface area contributed by atoms with E-state index >= 15 is 0 Å². The highest BCUT2D eigenvalue weighted by molar-refractivity contribution is 5.23. The number of aryl methyl sites for hydroxylation is 1. The Labute approximate surface area is 93.1 Å². The molecule has 0 bridgehead atoms. The summed E-state index contributed by atoms with van der Waals surface area (Å²) in [6.45, 7) is 8.87. The second kappa shape index (κ2) is 5.26. The topological polar surface area (TPSA) is 24.9 Å². The van der Waals surface area contributed by atoms with E-state index in [9.17, 15) is 0 Å². The number of rotatable bonds is 4. The highest BCUT2D eigenvalue weighted by Gasteiger charge is 2.23. The van der Waals surface area contributed by atoms with Crippen molar-refractivity contribution in [3.05, 3.63) is 29.6 Å². The first-order valence-corrected chi connectivity index (χ1v) is 5.66. The number of pyridine rings is 1. The van der Waals surface area contributed by atoms with E-state index < -0.39 is 0 Å². The van der Waals surface area contributed by atoms with Gasteiger partial charge < -0.3 is 5.32 Å². The predicted octanol–water partition coefficient (Wildman–Crippen LogP) is 2.74. The number of nitrogens with zero attached hydrogens (tertiary/aromatic N) is 1. The van der Waals surface area contributed by atoms with Crippen LogP contribution in [0.3, 0.4) is 0 Å². The molecule has 0 radical (unpaired) electrons. The van der Waals surface area contributed by atoms with Crippen LogP contribution in [0.15, 0.2) is 18.3 Å². The van der Waals surface area contributed by atoms with Gasteiger partial charge in [-0.05, 0) is 38.4 Å². The molecule has 15 heavy (non-hydrogen) atoms. The summed E-state index contributed by atoms with van der Waals surface area (Å²) in [6, 6.07) is 4.60. The maximum absolute atomic E-state index is 4.53. The average molecular weight is 206 g/mol. The highest BCUT2D eigenvalue weighted by atomic mass is 14.9. The molecule has 2 heteroatoms. The van der Waals surface area contributed by atoms with Gasteiger partial charge in [-0.1, -0.05) is 19.9 Å². The molecule has 0 aliphatic rings. The van der Waals surface area contributed by atoms with Gasteiger partial charge in [-0.3, -0.25) is 4.98 Å². The molecule has 1 heterocycles. The van der Waals surface area contributed by atoms with E-state index in [2.05, 4.69) is 44.1 Å². The van der Waals surface area contributed by atoms with Gasteiger partial charge in [-0.15, -0.1) is 0 Å². The second-order valence-electron chi connectivity index (χ2n) is 4.55. The van der Waals surface area contributed by atoms with Crippen molar-refractivity contribution in [3.8, 4) is 0 Å². The maximum Gasteiger partial charge on any atom is 0.0481 e. The maximum atomic E-state index is 4.53. The van der Waals surface area contributed by atoms with Crippen LogP contribution in [0.1, 0.15) is 37.9 Å². The van der Waals surface area contributed by atoms with E-state index in [1.807, 2.05) is 19.3 Å². The zero-order chi connectivity index (χ0) is 11.4. The summed E-state index contributed by atoms with van der Waals surface area (Å²) in [4.78, 5) is 4.53. The second-order valence-corrected chi connectivity index (χ2v) is 4.55. The van der Waals surface area contributed by atoms with Crippen LogP contribution in [0.4, 0.5) is 0 Å². The van der Waals surface area contributed by atoms with Crippen LogP contribution in [0.2, 0.25) is 0 Å². The fraction of sp³-hybridized carbons (Fsp3) is 0.615. The number of aromatic nitrogens is 1. The Hall–Kier alpha value is -0.890. The van der Waals surface area contributed by atoms with Gasteiger partial charge in [-0.25, -0.2) is 0 Å². The van der Waals surface area contributed by atoms with E-state index in [-0.39, 0.29) is 0 Å². The lowest BCUT2D eigenvalue weighted by Crippen LogP contribution is -2.32. The molecular weight excluding hydrogens is 184 g/mol. The molecule has 2 atom stereocenters. The Bertz CT molecular complexity index is 307. The Kier molecular flexibility index (Phi) is 4.28. The summed E-state index contributed by atoms with van der Waals surface area (Å²) in [7, 11) is 2.01. The first-order chi connectivity index (χ1) is 7.07. The zero-order valence-corrected chi connectivity index (χ0v) is 10.4. The molecule has 0 amide bonds. The summed E-state index contributed by atoms with van der Waals surface area (Å²) in [5.41, 5.74) is 2.52. The first kappa shape index (κ1) is 12.2. The minimum atomic E-state index is 0.457. The molecule has 1 rings (SSSR count). The molecule has 0 spiro atoms. The van der Waals surface area contributed by atoms with Crippen LogP contribution >= 0.6 is 0 Å². The lowest BCUT2D eigenvalue weighted by molar-refractivity contribution is 0.387. The minimum absolute atomic E-state index is 0.457. The van der Waals surface area contributed by atoms with Crippen molar-refractivity contribution in [2.75, 3.05) is 7.05 Å². The van der Waals surface area contributed by atoms with E-state index in [0.717, 1.165) is 0 Å². The van der Waals surface area contributed by atoms with Crippen LogP contribution < -0.4 is 5.32 Å². The van der Waals surface area contributed by atoms with Gasteiger partial charge in [0.25, 0.3) is 0 Å². The molecule has 84 valence electrons. The van der Waals surface area contributed by atoms with Crippen molar-refractivity contribution in [2.24, 2.45) is 5.92 Å². The third kappa shape index (κ3) is 2.78. The third-order valence-electron chi connectivity index (χ3n) is 3.08. The first-order valence-electron chi connectivity index (χ1n) is 5.66. The minimum Gasteiger partial charge on any atom is -0.317 e. The summed E-state index contributed by atoms with van der Waals surface area (Å²) in [5.74, 6) is 1.08. The van der Waals surface area contributed by atoms with Gasteiger partial charge in [0.05, 0.1) is 0 Å². The molecule has 2 unspecified atom stereocenters. The molecule has 1 aromatic rings. The number of hydrogen-bond donors (Lipinski definition) is 1. The van der Waals surface area contributed by atoms with Crippen molar-refractivity contribution < 1.29 is 0 Å². The Morgan fingerprint density at radius 2 is 1.93 bits per heavy atom. The molecule has 0 saturated carbocycles. The van der Waals surface area contributed by atoms with Crippen LogP contribution in [0.5, 0.6) is 0 Å². The molecular formula is C13H22N2. The predicted molar refractivity (Wildman–Crippen MR) is 65.1 cm³/mol. The highest BCUT2D eigenvalue weighted by Crippen LogP contribution is 2.28. The normalized spacial score (nSPS) is 15.3. The lowest BCUT2D eigenvalue weighted by Gasteiger charge is -2.27. The summed E-state index contributed by atoms with van der Waals surface area (Å²) in [5, 5.41) is 3.33. The molecule has 0 aromatic carbocycles. The van der Waals surface area contributed by atoms with Crippen LogP contribution in [0, 0.1) is 12.8 Å². The summed E-state index contributed by atoms with van der Waals surface area (Å²) >= 11 is 0. The molecule has 2 nitrogen and oxygen atoms in total. The van der Waals surface area contributed by atoms with Crippen LogP contribution in [0.25, 0.3) is 0 Å². The largest absolute Gasteiger partial charge is 0.317 e. The quantitative estimate of drug-likeness (QED) is 0.819. The van der Waals surface area contributed by atoms with Gasteiger partial charge in [0.15, 0.2) is 0 Å². The van der Waals surface area contributed by atoms with Gasteiger partial charge >= 0.3 is 0 Å². The van der Waals surface area contributed by atoms with Crippen LogP contribution in [-0.2, 0) is 0 Å². The number of likely N-dealkylation sites (N-methyl/N-ethyl adjacent to an activating group) is 1. The van der Waals surface area contributed by atoms with Crippen molar-refractivity contribution in [1.29, 1.82) is 0 Å². The summed E-state index contributed by atoms with van der Waals surface area (Å²) in [6.07, 6.45) is 1.89. The number of hydrogen-bond acceptors (Lipinski definition) is 2. The van der Waals surface area contributed by atoms with Gasteiger partial charge in [-0.2, -0.15) is 0 Å². The standard InChI is InChI=1S/C13H22N2/c1-9(2)12(11(4)14-5)13-10(3)7-6-8-15-13/h6-9,11-12,14H,1-5H3. The van der Waals surface area contributed by atoms with Gasteiger partial charge in [0, 0.05) is 23.9 Å². The monoisotopic (exact) mass is 206 g/mol. The lowest BCUT2D eigenvalue weighted by atomic mass is 9.84. The average Bonchev–Trinajstić information content (AvgIpc) is 2.20. The molecule has 1 aromatic heterocycles. The Morgan fingerprint density at radius 3 is 2.40 bits per heavy atom. The van der Waals surface area contributed by atoms with Crippen molar-refractivity contribution in [2.45, 2.75) is 39.7 Å². The fourth-order valence-corrected chi connectivity index (χ4v) is 2.16. The van der Waals surface area contributed by atoms with E-state index in [0.29, 0.717) is 17.9 Å². The Morgan fingerprint density at radius 1 is 1.27 bits per heavy atom. The van der Waals surface area contributed by atoms with Crippen molar-refractivity contribution in [3.63, 3.8) is 0 Å². The summed E-state index contributed by atoms with van der Waals surface area (Å²) < 4.78 is 0. The van der Waals surface area contributed by atoms with Crippen LogP contribution in [-0.4, -0.2) is 18.1 Å². The molecule has 0 fully saturated rings. The van der Waals surface area contributed by atoms with E-state index in [1.165, 1.54) is 11.3 Å². The third-order valence-corrected chi connectivity index (χ3v) is 3.08. The molecule has 1 N–H and O–H groups in total. The molecule has 0 aliphatic carbocycles. The van der Waals surface area contributed by atoms with E-state index in [1.54, 1.807) is 0 Å². The van der Waals surface area contributed by atoms with Crippen molar-refractivity contribution in [1.82, 2.24) is 10.3 Å². The number of nitrogens with one attached hydrogen (secondary N) is 1.